The highest BCUT2D eigenvalue weighted by Gasteiger charge is 2.19. The van der Waals surface area contributed by atoms with Crippen molar-refractivity contribution in [1.29, 1.82) is 0 Å². The second-order valence-electron chi connectivity index (χ2n) is 3.66. The molecule has 2 unspecified atom stereocenters. The van der Waals surface area contributed by atoms with Gasteiger partial charge in [0.1, 0.15) is 0 Å². The van der Waals surface area contributed by atoms with Crippen molar-refractivity contribution in [3.8, 4) is 0 Å². The van der Waals surface area contributed by atoms with Crippen molar-refractivity contribution in [2.24, 2.45) is 0 Å². The summed E-state index contributed by atoms with van der Waals surface area (Å²) in [7, 11) is 0. The van der Waals surface area contributed by atoms with E-state index in [1.807, 2.05) is 6.07 Å². The number of hydrogen-bond donors (Lipinski definition) is 0. The van der Waals surface area contributed by atoms with Crippen molar-refractivity contribution in [2.45, 2.75) is 31.0 Å². The van der Waals surface area contributed by atoms with Crippen molar-refractivity contribution < 1.29 is 4.92 Å². The van der Waals surface area contributed by atoms with Crippen LogP contribution in [0.25, 0.3) is 0 Å². The smallest absolute Gasteiger partial charge is 0.258 e. The molecule has 0 heterocycles. The Kier molecular flexibility index (Phi) is 5.17. The summed E-state index contributed by atoms with van der Waals surface area (Å²) in [4.78, 5) is 10.6. The third-order valence-corrected chi connectivity index (χ3v) is 4.16. The van der Waals surface area contributed by atoms with Gasteiger partial charge in [-0.1, -0.05) is 35.8 Å². The molecule has 0 bridgehead atoms. The Morgan fingerprint density at radius 1 is 1.56 bits per heavy atom. The maximum atomic E-state index is 10.6. The van der Waals surface area contributed by atoms with E-state index in [-0.39, 0.29) is 10.6 Å². The number of rotatable bonds is 4. The van der Waals surface area contributed by atoms with Gasteiger partial charge in [-0.3, -0.25) is 10.1 Å². The summed E-state index contributed by atoms with van der Waals surface area (Å²) in [6, 6.07) is 5.08. The molecule has 2 atom stereocenters. The number of non-ortho nitro benzene ring substituents is 1. The third-order valence-electron chi connectivity index (χ3n) is 2.59. The minimum Gasteiger partial charge on any atom is -0.258 e. The lowest BCUT2D eigenvalue weighted by Gasteiger charge is -2.19. The van der Waals surface area contributed by atoms with Gasteiger partial charge < -0.3 is 0 Å². The number of nitro benzene ring substituents is 1. The number of halogens is 2. The molecule has 1 rings (SSSR count). The highest BCUT2D eigenvalue weighted by molar-refractivity contribution is 14.1. The molecule has 88 valence electrons. The van der Waals surface area contributed by atoms with Crippen LogP contribution in [-0.2, 0) is 0 Å². The molecule has 0 aromatic heterocycles. The molecule has 1 aromatic carbocycles. The van der Waals surface area contributed by atoms with E-state index >= 15 is 0 Å². The normalized spacial score (nSPS) is 14.5. The molecule has 0 saturated carbocycles. The number of benzene rings is 1. The lowest BCUT2D eigenvalue weighted by atomic mass is 9.94. The molecule has 1 aromatic rings. The quantitative estimate of drug-likeness (QED) is 0.325. The summed E-state index contributed by atoms with van der Waals surface area (Å²) < 4.78 is 0.963. The van der Waals surface area contributed by atoms with E-state index in [1.165, 1.54) is 5.56 Å². The Labute approximate surface area is 117 Å². The number of nitro groups is 1. The van der Waals surface area contributed by atoms with Crippen molar-refractivity contribution in [3.63, 3.8) is 0 Å². The minimum atomic E-state index is -0.357. The van der Waals surface area contributed by atoms with Gasteiger partial charge in [0.2, 0.25) is 0 Å². The second kappa shape index (κ2) is 5.95. The molecule has 0 fully saturated rings. The Morgan fingerprint density at radius 2 is 2.19 bits per heavy atom. The lowest BCUT2D eigenvalue weighted by molar-refractivity contribution is -0.385. The molecule has 0 aliphatic carbocycles. The van der Waals surface area contributed by atoms with Crippen molar-refractivity contribution in [3.05, 3.63) is 37.4 Å². The second-order valence-corrected chi connectivity index (χ2v) is 6.26. The van der Waals surface area contributed by atoms with Crippen molar-refractivity contribution >= 4 is 44.2 Å². The monoisotopic (exact) mass is 397 g/mol. The van der Waals surface area contributed by atoms with Gasteiger partial charge in [0.05, 0.1) is 4.92 Å². The molecule has 0 N–H and O–H groups in total. The van der Waals surface area contributed by atoms with E-state index in [9.17, 15) is 10.1 Å². The average molecular weight is 398 g/mol. The van der Waals surface area contributed by atoms with Crippen molar-refractivity contribution in [1.82, 2.24) is 0 Å². The maximum Gasteiger partial charge on any atom is 0.270 e. The highest BCUT2D eigenvalue weighted by atomic mass is 127. The zero-order valence-corrected chi connectivity index (χ0v) is 12.9. The van der Waals surface area contributed by atoms with Crippen LogP contribution in [0.3, 0.4) is 0 Å². The summed E-state index contributed by atoms with van der Waals surface area (Å²) in [6.07, 6.45) is 1.01. The summed E-state index contributed by atoms with van der Waals surface area (Å²) in [5, 5.41) is 10.6. The van der Waals surface area contributed by atoms with Crippen LogP contribution < -0.4 is 0 Å². The lowest BCUT2D eigenvalue weighted by Crippen LogP contribution is -2.09. The predicted molar refractivity (Wildman–Crippen MR) is 77.2 cm³/mol. The van der Waals surface area contributed by atoms with Gasteiger partial charge in [-0.2, -0.15) is 0 Å². The largest absolute Gasteiger partial charge is 0.270 e. The summed E-state index contributed by atoms with van der Waals surface area (Å²) in [6.45, 7) is 4.23. The van der Waals surface area contributed by atoms with Crippen LogP contribution in [0.2, 0.25) is 0 Å². The summed E-state index contributed by atoms with van der Waals surface area (Å²) in [5.74, 6) is 0.396. The van der Waals surface area contributed by atoms with Gasteiger partial charge in [-0.25, -0.2) is 0 Å². The van der Waals surface area contributed by atoms with Gasteiger partial charge in [-0.05, 0) is 40.5 Å². The zero-order chi connectivity index (χ0) is 12.3. The maximum absolute atomic E-state index is 10.6. The van der Waals surface area contributed by atoms with E-state index in [0.29, 0.717) is 10.7 Å². The molecule has 0 amide bonds. The number of alkyl halides is 1. The molecule has 0 aliphatic heterocycles. The molecule has 0 saturated heterocycles. The molecule has 0 spiro atoms. The fourth-order valence-electron chi connectivity index (χ4n) is 1.72. The molecular formula is C11H13BrINO2. The summed E-state index contributed by atoms with van der Waals surface area (Å²) in [5.41, 5.74) is 1.34. The molecule has 5 heteroatoms. The molecule has 3 nitrogen and oxygen atoms in total. The summed E-state index contributed by atoms with van der Waals surface area (Å²) >= 11 is 5.75. The van der Waals surface area contributed by atoms with Crippen LogP contribution in [0.1, 0.15) is 31.7 Å². The van der Waals surface area contributed by atoms with Crippen LogP contribution in [0.4, 0.5) is 5.69 Å². The highest BCUT2D eigenvalue weighted by Crippen LogP contribution is 2.32. The van der Waals surface area contributed by atoms with Gasteiger partial charge in [-0.15, -0.1) is 0 Å². The first kappa shape index (κ1) is 13.9. The van der Waals surface area contributed by atoms with Gasteiger partial charge in [0.15, 0.2) is 0 Å². The third kappa shape index (κ3) is 3.16. The Balaban J connectivity index is 3.11. The van der Waals surface area contributed by atoms with Crippen LogP contribution in [-0.4, -0.2) is 9.75 Å². The SMILES string of the molecule is CCC(c1ccc([N+](=O)[O-])cc1I)C(C)Br. The molecular weight excluding hydrogens is 385 g/mol. The van der Waals surface area contributed by atoms with Crippen LogP contribution in [0, 0.1) is 13.7 Å². The van der Waals surface area contributed by atoms with Crippen LogP contribution in [0.5, 0.6) is 0 Å². The predicted octanol–water partition coefficient (Wildman–Crippen LogP) is 4.48. The van der Waals surface area contributed by atoms with Crippen LogP contribution >= 0.6 is 38.5 Å². The molecule has 0 aliphatic rings. The fraction of sp³-hybridized carbons (Fsp3) is 0.455. The first-order valence-corrected chi connectivity index (χ1v) is 7.04. The van der Waals surface area contributed by atoms with E-state index in [1.54, 1.807) is 12.1 Å². The number of hydrogen-bond acceptors (Lipinski definition) is 2. The molecule has 16 heavy (non-hydrogen) atoms. The van der Waals surface area contributed by atoms with Crippen LogP contribution in [0.15, 0.2) is 18.2 Å². The number of nitrogens with zero attached hydrogens (tertiary/aromatic N) is 1. The van der Waals surface area contributed by atoms with Gasteiger partial charge >= 0.3 is 0 Å². The standard InChI is InChI=1S/C11H13BrINO2/c1-3-9(7(2)12)10-5-4-8(14(15)16)6-11(10)13/h4-7,9H,3H2,1-2H3. The van der Waals surface area contributed by atoms with E-state index < -0.39 is 0 Å². The average Bonchev–Trinajstić information content (AvgIpc) is 2.20. The first-order valence-electron chi connectivity index (χ1n) is 5.05. The van der Waals surface area contributed by atoms with Gasteiger partial charge in [0, 0.05) is 20.5 Å². The molecule has 0 radical (unpaired) electrons. The Bertz CT molecular complexity index is 396. The minimum absolute atomic E-state index is 0.158. The topological polar surface area (TPSA) is 43.1 Å². The first-order chi connectivity index (χ1) is 7.47. The van der Waals surface area contributed by atoms with Crippen molar-refractivity contribution in [2.75, 3.05) is 0 Å². The van der Waals surface area contributed by atoms with Gasteiger partial charge in [0.25, 0.3) is 5.69 Å². The Hall–Kier alpha value is -0.170. The Morgan fingerprint density at radius 3 is 2.56 bits per heavy atom. The van der Waals surface area contributed by atoms with E-state index in [2.05, 4.69) is 52.4 Å². The fourth-order valence-corrected chi connectivity index (χ4v) is 3.28. The zero-order valence-electron chi connectivity index (χ0n) is 9.11. The van der Waals surface area contributed by atoms with E-state index in [4.69, 9.17) is 0 Å². The van der Waals surface area contributed by atoms with E-state index in [0.717, 1.165) is 9.99 Å².